The summed E-state index contributed by atoms with van der Waals surface area (Å²) < 4.78 is 5.08. The number of benzene rings is 1. The standard InChI is InChI=1S/C18H22N2O3.CH4O/c1-11-8-14(12-4-3-5-12)15(9-13(11)18(21)22)16-10-19-17(20-16)6-7-23-2;1-2/h8-10,12H,3-7H2,1-2H3,(H,19,20)(H,21,22);2H,1H3. The maximum absolute atomic E-state index is 11.5. The monoisotopic (exact) mass is 346 g/mol. The second-order valence-electron chi connectivity index (χ2n) is 6.17. The first kappa shape index (κ1) is 19.1. The van der Waals surface area contributed by atoms with Crippen LogP contribution < -0.4 is 0 Å². The summed E-state index contributed by atoms with van der Waals surface area (Å²) in [5.41, 5.74) is 4.27. The number of aromatic carboxylic acids is 1. The Labute approximate surface area is 147 Å². The van der Waals surface area contributed by atoms with Crippen LogP contribution >= 0.6 is 0 Å². The van der Waals surface area contributed by atoms with Gasteiger partial charge in [0.25, 0.3) is 0 Å². The number of aryl methyl sites for hydroxylation is 1. The average Bonchev–Trinajstić information content (AvgIpc) is 3.02. The molecule has 3 rings (SSSR count). The van der Waals surface area contributed by atoms with Gasteiger partial charge in [-0.3, -0.25) is 0 Å². The molecule has 136 valence electrons. The summed E-state index contributed by atoms with van der Waals surface area (Å²) in [7, 11) is 2.66. The number of carboxylic acid groups (broad SMARTS) is 1. The van der Waals surface area contributed by atoms with Crippen LogP contribution in [0.1, 0.15) is 52.5 Å². The lowest BCUT2D eigenvalue weighted by molar-refractivity contribution is 0.0696. The minimum absolute atomic E-state index is 0.358. The molecule has 2 aromatic rings. The Kier molecular flexibility index (Phi) is 6.73. The Balaban J connectivity index is 0.00000109. The highest BCUT2D eigenvalue weighted by Gasteiger charge is 2.25. The van der Waals surface area contributed by atoms with Crippen molar-refractivity contribution in [3.63, 3.8) is 0 Å². The third-order valence-corrected chi connectivity index (χ3v) is 4.63. The molecule has 25 heavy (non-hydrogen) atoms. The Bertz CT molecular complexity index is 720. The molecule has 6 nitrogen and oxygen atoms in total. The van der Waals surface area contributed by atoms with Gasteiger partial charge in [0.2, 0.25) is 0 Å². The summed E-state index contributed by atoms with van der Waals surface area (Å²) in [4.78, 5) is 19.2. The zero-order valence-corrected chi connectivity index (χ0v) is 15.0. The van der Waals surface area contributed by atoms with E-state index in [1.807, 2.05) is 13.0 Å². The Hall–Kier alpha value is -2.18. The smallest absolute Gasteiger partial charge is 0.335 e. The lowest BCUT2D eigenvalue weighted by Gasteiger charge is -2.28. The Morgan fingerprint density at radius 1 is 1.36 bits per heavy atom. The first-order valence-corrected chi connectivity index (χ1v) is 8.46. The van der Waals surface area contributed by atoms with Gasteiger partial charge in [-0.1, -0.05) is 12.5 Å². The summed E-state index contributed by atoms with van der Waals surface area (Å²) in [5.74, 6) is 0.499. The number of carbonyl (C=O) groups is 1. The SMILES string of the molecule is CO.COCCc1ncc(-c2cc(C(=O)O)c(C)cc2C2CCC2)[nH]1. The number of hydrogen-bond acceptors (Lipinski definition) is 4. The van der Waals surface area contributed by atoms with Gasteiger partial charge >= 0.3 is 5.97 Å². The molecular formula is C19H26N2O4. The van der Waals surface area contributed by atoms with E-state index < -0.39 is 5.97 Å². The van der Waals surface area contributed by atoms with Crippen molar-refractivity contribution in [1.82, 2.24) is 9.97 Å². The number of imidazole rings is 1. The Morgan fingerprint density at radius 3 is 2.64 bits per heavy atom. The molecule has 1 fully saturated rings. The van der Waals surface area contributed by atoms with Crippen molar-refractivity contribution < 1.29 is 19.7 Å². The van der Waals surface area contributed by atoms with Crippen LogP contribution in [0.4, 0.5) is 0 Å². The number of rotatable bonds is 6. The van der Waals surface area contributed by atoms with Crippen molar-refractivity contribution in [1.29, 1.82) is 0 Å². The van der Waals surface area contributed by atoms with E-state index in [1.165, 1.54) is 24.8 Å². The van der Waals surface area contributed by atoms with Crippen LogP contribution in [0.15, 0.2) is 18.3 Å². The summed E-state index contributed by atoms with van der Waals surface area (Å²) in [5, 5.41) is 16.4. The summed E-state index contributed by atoms with van der Waals surface area (Å²) >= 11 is 0. The van der Waals surface area contributed by atoms with Crippen LogP contribution in [-0.4, -0.2) is 47.0 Å². The molecule has 0 unspecified atom stereocenters. The number of aromatic amines is 1. The van der Waals surface area contributed by atoms with Gasteiger partial charge in [0.1, 0.15) is 5.82 Å². The summed E-state index contributed by atoms with van der Waals surface area (Å²) in [6.45, 7) is 2.48. The molecule has 3 N–H and O–H groups in total. The van der Waals surface area contributed by atoms with Gasteiger partial charge in [-0.25, -0.2) is 9.78 Å². The number of aromatic nitrogens is 2. The van der Waals surface area contributed by atoms with E-state index in [0.717, 1.165) is 29.8 Å². The van der Waals surface area contributed by atoms with Crippen LogP contribution in [-0.2, 0) is 11.2 Å². The fourth-order valence-corrected chi connectivity index (χ4v) is 3.08. The maximum atomic E-state index is 11.5. The molecule has 0 bridgehead atoms. The van der Waals surface area contributed by atoms with E-state index in [9.17, 15) is 9.90 Å². The number of methoxy groups -OCH3 is 1. The number of carboxylic acids is 1. The molecule has 1 heterocycles. The summed E-state index contributed by atoms with van der Waals surface area (Å²) in [6.07, 6.45) is 6.09. The molecule has 0 saturated heterocycles. The van der Waals surface area contributed by atoms with E-state index in [2.05, 4.69) is 9.97 Å². The van der Waals surface area contributed by atoms with Gasteiger partial charge in [-0.05, 0) is 42.9 Å². The van der Waals surface area contributed by atoms with Crippen LogP contribution in [0.5, 0.6) is 0 Å². The summed E-state index contributed by atoms with van der Waals surface area (Å²) in [6, 6.07) is 3.83. The molecule has 0 spiro atoms. The maximum Gasteiger partial charge on any atom is 0.335 e. The van der Waals surface area contributed by atoms with Gasteiger partial charge in [-0.2, -0.15) is 0 Å². The van der Waals surface area contributed by atoms with Crippen LogP contribution in [0.25, 0.3) is 11.3 Å². The number of nitrogens with one attached hydrogen (secondary N) is 1. The fraction of sp³-hybridized carbons (Fsp3) is 0.474. The topological polar surface area (TPSA) is 95.4 Å². The molecule has 1 aromatic heterocycles. The highest BCUT2D eigenvalue weighted by atomic mass is 16.5. The fourth-order valence-electron chi connectivity index (χ4n) is 3.08. The second kappa shape index (κ2) is 8.78. The number of H-pyrrole nitrogens is 1. The quantitative estimate of drug-likeness (QED) is 0.747. The molecule has 0 amide bonds. The Morgan fingerprint density at radius 2 is 2.08 bits per heavy atom. The van der Waals surface area contributed by atoms with Gasteiger partial charge in [-0.15, -0.1) is 0 Å². The number of nitrogens with zero attached hydrogens (tertiary/aromatic N) is 1. The van der Waals surface area contributed by atoms with Crippen LogP contribution in [0.3, 0.4) is 0 Å². The minimum Gasteiger partial charge on any atom is -0.478 e. The highest BCUT2D eigenvalue weighted by molar-refractivity contribution is 5.91. The van der Waals surface area contributed by atoms with Gasteiger partial charge in [0, 0.05) is 26.2 Å². The first-order chi connectivity index (χ1) is 12.1. The molecule has 1 aliphatic rings. The van der Waals surface area contributed by atoms with Crippen molar-refractivity contribution in [2.24, 2.45) is 0 Å². The highest BCUT2D eigenvalue weighted by Crippen LogP contribution is 2.41. The van der Waals surface area contributed by atoms with E-state index in [1.54, 1.807) is 19.4 Å². The predicted molar refractivity (Wildman–Crippen MR) is 96.0 cm³/mol. The van der Waals surface area contributed by atoms with E-state index >= 15 is 0 Å². The largest absolute Gasteiger partial charge is 0.478 e. The molecular weight excluding hydrogens is 320 g/mol. The number of hydrogen-bond donors (Lipinski definition) is 3. The average molecular weight is 346 g/mol. The predicted octanol–water partition coefficient (Wildman–Crippen LogP) is 3.15. The van der Waals surface area contributed by atoms with Crippen molar-refractivity contribution in [3.05, 3.63) is 40.8 Å². The van der Waals surface area contributed by atoms with Gasteiger partial charge in [0.15, 0.2) is 0 Å². The van der Waals surface area contributed by atoms with Gasteiger partial charge in [0.05, 0.1) is 24.1 Å². The third-order valence-electron chi connectivity index (χ3n) is 4.63. The van der Waals surface area contributed by atoms with E-state index in [-0.39, 0.29) is 0 Å². The molecule has 0 aliphatic heterocycles. The molecule has 1 saturated carbocycles. The zero-order chi connectivity index (χ0) is 18.4. The van der Waals surface area contributed by atoms with E-state index in [0.29, 0.717) is 24.5 Å². The van der Waals surface area contributed by atoms with Crippen molar-refractivity contribution in [3.8, 4) is 11.3 Å². The second-order valence-corrected chi connectivity index (χ2v) is 6.17. The zero-order valence-electron chi connectivity index (χ0n) is 15.0. The lowest BCUT2D eigenvalue weighted by atomic mass is 9.76. The number of ether oxygens (including phenoxy) is 1. The molecule has 0 radical (unpaired) electrons. The van der Waals surface area contributed by atoms with Gasteiger partial charge < -0.3 is 19.9 Å². The van der Waals surface area contributed by atoms with Crippen molar-refractivity contribution in [2.75, 3.05) is 20.8 Å². The number of aliphatic hydroxyl groups excluding tert-OH is 1. The molecule has 0 atom stereocenters. The first-order valence-electron chi connectivity index (χ1n) is 8.46. The minimum atomic E-state index is -0.886. The van der Waals surface area contributed by atoms with Crippen LogP contribution in [0, 0.1) is 6.92 Å². The third kappa shape index (κ3) is 4.27. The molecule has 1 aliphatic carbocycles. The van der Waals surface area contributed by atoms with Crippen molar-refractivity contribution >= 4 is 5.97 Å². The van der Waals surface area contributed by atoms with Crippen molar-refractivity contribution in [2.45, 2.75) is 38.5 Å². The van der Waals surface area contributed by atoms with Crippen LogP contribution in [0.2, 0.25) is 0 Å². The number of aliphatic hydroxyl groups is 1. The molecule has 6 heteroatoms. The normalized spacial score (nSPS) is 13.8. The molecule has 1 aromatic carbocycles. The lowest BCUT2D eigenvalue weighted by Crippen LogP contribution is -2.12. The van der Waals surface area contributed by atoms with E-state index in [4.69, 9.17) is 9.84 Å².